The molecule has 0 N–H and O–H groups in total. The first-order valence-electron chi connectivity index (χ1n) is 8.45. The number of aromatic nitrogens is 5. The summed E-state index contributed by atoms with van der Waals surface area (Å²) in [5.74, 6) is 1.64. The van der Waals surface area contributed by atoms with Gasteiger partial charge in [0, 0.05) is 25.0 Å². The van der Waals surface area contributed by atoms with Gasteiger partial charge >= 0.3 is 0 Å². The molecular formula is C18H22N6. The van der Waals surface area contributed by atoms with E-state index in [1.807, 2.05) is 35.4 Å². The van der Waals surface area contributed by atoms with Crippen LogP contribution in [0, 0.1) is 5.92 Å². The first kappa shape index (κ1) is 15.1. The molecule has 1 aliphatic rings. The van der Waals surface area contributed by atoms with Crippen LogP contribution in [-0.4, -0.2) is 42.3 Å². The lowest BCUT2D eigenvalue weighted by molar-refractivity contribution is 0.123. The molecule has 3 aromatic rings. The van der Waals surface area contributed by atoms with Crippen LogP contribution in [0.25, 0.3) is 5.69 Å². The maximum absolute atomic E-state index is 4.48. The van der Waals surface area contributed by atoms with Gasteiger partial charge < -0.3 is 4.57 Å². The minimum Gasteiger partial charge on any atom is -0.333 e. The second-order valence-electron chi connectivity index (χ2n) is 6.50. The van der Waals surface area contributed by atoms with Crippen molar-refractivity contribution in [3.8, 4) is 5.69 Å². The van der Waals surface area contributed by atoms with E-state index in [1.54, 1.807) is 6.33 Å². The van der Waals surface area contributed by atoms with E-state index in [2.05, 4.69) is 49.8 Å². The molecule has 0 amide bonds. The lowest BCUT2D eigenvalue weighted by Crippen LogP contribution is -2.40. The van der Waals surface area contributed by atoms with Crippen molar-refractivity contribution in [2.75, 3.05) is 13.1 Å². The van der Waals surface area contributed by atoms with E-state index in [9.17, 15) is 0 Å². The van der Waals surface area contributed by atoms with Crippen molar-refractivity contribution >= 4 is 0 Å². The molecule has 2 atom stereocenters. The lowest BCUT2D eigenvalue weighted by atomic mass is 9.93. The Morgan fingerprint density at radius 3 is 2.88 bits per heavy atom. The van der Waals surface area contributed by atoms with Crippen molar-refractivity contribution in [3.05, 3.63) is 61.2 Å². The standard InChI is InChI=1S/C18H22N6/c1-15-7-9-22(11-17(15)23-10-8-19-14-23)12-18-20-13-21-24(18)16-5-3-2-4-6-16/h2-6,8,10,13-15,17H,7,9,11-12H2,1H3/t15-,17+/m0/s1. The molecule has 1 aliphatic heterocycles. The summed E-state index contributed by atoms with van der Waals surface area (Å²) in [6.45, 7) is 5.24. The topological polar surface area (TPSA) is 51.8 Å². The van der Waals surface area contributed by atoms with Crippen LogP contribution >= 0.6 is 0 Å². The first-order chi connectivity index (χ1) is 11.8. The maximum atomic E-state index is 4.48. The van der Waals surface area contributed by atoms with Gasteiger partial charge in [0.05, 0.1) is 18.6 Å². The highest BCUT2D eigenvalue weighted by Gasteiger charge is 2.28. The maximum Gasteiger partial charge on any atom is 0.146 e. The fraction of sp³-hybridized carbons (Fsp3) is 0.389. The third-order valence-corrected chi connectivity index (χ3v) is 4.89. The van der Waals surface area contributed by atoms with E-state index in [-0.39, 0.29) is 0 Å². The third-order valence-electron chi connectivity index (χ3n) is 4.89. The van der Waals surface area contributed by atoms with E-state index in [1.165, 1.54) is 6.42 Å². The second kappa shape index (κ2) is 6.57. The van der Waals surface area contributed by atoms with Gasteiger partial charge in [-0.05, 0) is 31.0 Å². The average molecular weight is 322 g/mol. The molecule has 124 valence electrons. The van der Waals surface area contributed by atoms with Gasteiger partial charge in [0.2, 0.25) is 0 Å². The Kier molecular flexibility index (Phi) is 4.13. The van der Waals surface area contributed by atoms with Crippen LogP contribution in [0.1, 0.15) is 25.2 Å². The number of imidazole rings is 1. The van der Waals surface area contributed by atoms with E-state index in [0.717, 1.165) is 31.1 Å². The summed E-state index contributed by atoms with van der Waals surface area (Å²) >= 11 is 0. The Morgan fingerprint density at radius 2 is 2.08 bits per heavy atom. The van der Waals surface area contributed by atoms with Crippen LogP contribution in [0.5, 0.6) is 0 Å². The molecule has 4 rings (SSSR count). The quantitative estimate of drug-likeness (QED) is 0.741. The van der Waals surface area contributed by atoms with Crippen molar-refractivity contribution in [1.29, 1.82) is 0 Å². The van der Waals surface area contributed by atoms with Gasteiger partial charge in [-0.15, -0.1) is 0 Å². The van der Waals surface area contributed by atoms with Gasteiger partial charge in [0.15, 0.2) is 0 Å². The van der Waals surface area contributed by atoms with Crippen molar-refractivity contribution < 1.29 is 0 Å². The summed E-state index contributed by atoms with van der Waals surface area (Å²) in [6, 6.07) is 10.7. The van der Waals surface area contributed by atoms with Gasteiger partial charge in [-0.25, -0.2) is 14.6 Å². The summed E-state index contributed by atoms with van der Waals surface area (Å²) in [6.07, 6.45) is 8.68. The van der Waals surface area contributed by atoms with E-state index in [4.69, 9.17) is 0 Å². The molecule has 0 bridgehead atoms. The number of nitrogens with zero attached hydrogens (tertiary/aromatic N) is 6. The SMILES string of the molecule is C[C@H]1CCN(Cc2ncnn2-c2ccccc2)C[C@H]1n1ccnc1. The smallest absolute Gasteiger partial charge is 0.146 e. The number of piperidine rings is 1. The Labute approximate surface area is 141 Å². The van der Waals surface area contributed by atoms with Crippen molar-refractivity contribution in [2.45, 2.75) is 25.9 Å². The molecule has 1 fully saturated rings. The predicted octanol–water partition coefficient (Wildman–Crippen LogP) is 2.55. The van der Waals surface area contributed by atoms with Gasteiger partial charge in [0.25, 0.3) is 0 Å². The number of benzene rings is 1. The molecule has 0 saturated carbocycles. The molecule has 24 heavy (non-hydrogen) atoms. The monoisotopic (exact) mass is 322 g/mol. The van der Waals surface area contributed by atoms with Gasteiger partial charge in [-0.1, -0.05) is 25.1 Å². The molecule has 1 aromatic carbocycles. The number of hydrogen-bond donors (Lipinski definition) is 0. The molecule has 0 aliphatic carbocycles. The molecule has 1 saturated heterocycles. The molecule has 6 heteroatoms. The van der Waals surface area contributed by atoms with E-state index in [0.29, 0.717) is 12.0 Å². The highest BCUT2D eigenvalue weighted by atomic mass is 15.4. The molecule has 6 nitrogen and oxygen atoms in total. The fourth-order valence-corrected chi connectivity index (χ4v) is 3.47. The fourth-order valence-electron chi connectivity index (χ4n) is 3.47. The highest BCUT2D eigenvalue weighted by molar-refractivity contribution is 5.30. The molecule has 3 heterocycles. The van der Waals surface area contributed by atoms with Gasteiger partial charge in [-0.3, -0.25) is 4.90 Å². The van der Waals surface area contributed by atoms with Crippen LogP contribution in [0.15, 0.2) is 55.4 Å². The van der Waals surface area contributed by atoms with E-state index >= 15 is 0 Å². The molecule has 0 spiro atoms. The van der Waals surface area contributed by atoms with Crippen molar-refractivity contribution in [1.82, 2.24) is 29.2 Å². The highest BCUT2D eigenvalue weighted by Crippen LogP contribution is 2.28. The van der Waals surface area contributed by atoms with Gasteiger partial charge in [-0.2, -0.15) is 5.10 Å². The molecular weight excluding hydrogens is 300 g/mol. The number of hydrogen-bond acceptors (Lipinski definition) is 4. The first-order valence-corrected chi connectivity index (χ1v) is 8.45. The zero-order valence-electron chi connectivity index (χ0n) is 13.9. The Morgan fingerprint density at radius 1 is 1.21 bits per heavy atom. The van der Waals surface area contributed by atoms with Gasteiger partial charge in [0.1, 0.15) is 12.2 Å². The van der Waals surface area contributed by atoms with Crippen LogP contribution in [0.2, 0.25) is 0 Å². The number of likely N-dealkylation sites (tertiary alicyclic amines) is 1. The number of rotatable bonds is 4. The normalized spacial score (nSPS) is 21.9. The van der Waals surface area contributed by atoms with Crippen LogP contribution in [0.3, 0.4) is 0 Å². The lowest BCUT2D eigenvalue weighted by Gasteiger charge is -2.37. The van der Waals surface area contributed by atoms with Crippen LogP contribution in [0.4, 0.5) is 0 Å². The summed E-state index contributed by atoms with van der Waals surface area (Å²) < 4.78 is 4.17. The third kappa shape index (κ3) is 2.97. The Hall–Kier alpha value is -2.47. The van der Waals surface area contributed by atoms with Crippen LogP contribution in [-0.2, 0) is 6.54 Å². The average Bonchev–Trinajstić information content (AvgIpc) is 3.29. The molecule has 0 unspecified atom stereocenters. The van der Waals surface area contributed by atoms with Crippen LogP contribution < -0.4 is 0 Å². The van der Waals surface area contributed by atoms with Crippen molar-refractivity contribution in [3.63, 3.8) is 0 Å². The number of para-hydroxylation sites is 1. The summed E-state index contributed by atoms with van der Waals surface area (Å²) in [5, 5.41) is 4.40. The minimum absolute atomic E-state index is 0.467. The minimum atomic E-state index is 0.467. The summed E-state index contributed by atoms with van der Waals surface area (Å²) in [7, 11) is 0. The largest absolute Gasteiger partial charge is 0.333 e. The van der Waals surface area contributed by atoms with E-state index < -0.39 is 0 Å². The predicted molar refractivity (Wildman–Crippen MR) is 91.7 cm³/mol. The Balaban J connectivity index is 1.51. The summed E-state index contributed by atoms with van der Waals surface area (Å²) in [5.41, 5.74) is 1.06. The summed E-state index contributed by atoms with van der Waals surface area (Å²) in [4.78, 5) is 11.2. The Bertz CT molecular complexity index is 764. The second-order valence-corrected chi connectivity index (χ2v) is 6.50. The van der Waals surface area contributed by atoms with Crippen molar-refractivity contribution in [2.24, 2.45) is 5.92 Å². The zero-order valence-corrected chi connectivity index (χ0v) is 13.9. The zero-order chi connectivity index (χ0) is 16.4. The molecule has 2 aromatic heterocycles. The molecule has 0 radical (unpaired) electrons.